The van der Waals surface area contributed by atoms with E-state index in [1.807, 2.05) is 0 Å². The van der Waals surface area contributed by atoms with Gasteiger partial charge in [0, 0.05) is 11.1 Å². The molecule has 1 fully saturated rings. The Hall–Kier alpha value is -2.80. The molecule has 0 saturated carbocycles. The molecule has 1 amide bonds. The molecule has 9 heteroatoms. The van der Waals surface area contributed by atoms with E-state index in [4.69, 9.17) is 15.0 Å². The second-order valence-corrected chi connectivity index (χ2v) is 5.94. The predicted molar refractivity (Wildman–Crippen MR) is 81.0 cm³/mol. The third-order valence-corrected chi connectivity index (χ3v) is 2.88. The number of anilines is 1. The average molecular weight is 319 g/mol. The molecule has 0 spiro atoms. The lowest BCUT2D eigenvalue weighted by atomic mass is 10.2. The summed E-state index contributed by atoms with van der Waals surface area (Å²) >= 11 is 0. The molecule has 0 unspecified atom stereocenters. The van der Waals surface area contributed by atoms with E-state index in [1.54, 1.807) is 20.8 Å². The molecule has 0 N–H and O–H groups in total. The fourth-order valence-corrected chi connectivity index (χ4v) is 1.93. The maximum Gasteiger partial charge on any atom is 0.415 e. The summed E-state index contributed by atoms with van der Waals surface area (Å²) < 4.78 is 10.3. The summed E-state index contributed by atoms with van der Waals surface area (Å²) in [7, 11) is 0. The van der Waals surface area contributed by atoms with Crippen molar-refractivity contribution in [3.05, 3.63) is 34.3 Å². The summed E-state index contributed by atoms with van der Waals surface area (Å²) in [5.74, 6) is -0.132. The van der Waals surface area contributed by atoms with E-state index in [9.17, 15) is 9.59 Å². The Morgan fingerprint density at radius 2 is 2.30 bits per heavy atom. The smallest absolute Gasteiger partial charge is 0.415 e. The van der Waals surface area contributed by atoms with E-state index >= 15 is 0 Å². The lowest BCUT2D eigenvalue weighted by Gasteiger charge is -2.19. The number of hydrogen-bond donors (Lipinski definition) is 0. The molecule has 1 saturated heterocycles. The number of aromatic nitrogens is 1. The molecule has 9 nitrogen and oxygen atoms in total. The van der Waals surface area contributed by atoms with Crippen LogP contribution in [0, 0.1) is 0 Å². The molecular weight excluding hydrogens is 302 g/mol. The first-order valence-electron chi connectivity index (χ1n) is 6.98. The second kappa shape index (κ2) is 6.53. The zero-order chi connectivity index (χ0) is 17.0. The van der Waals surface area contributed by atoms with Crippen molar-refractivity contribution in [1.82, 2.24) is 4.98 Å². The minimum atomic E-state index is -0.594. The summed E-state index contributed by atoms with van der Waals surface area (Å²) in [6.07, 6.45) is 0.267. The van der Waals surface area contributed by atoms with Gasteiger partial charge in [0.25, 0.3) is 0 Å². The number of carbonyl (C=O) groups excluding carboxylic acids is 2. The molecule has 1 aliphatic heterocycles. The summed E-state index contributed by atoms with van der Waals surface area (Å²) in [6, 6.07) is 3.07. The van der Waals surface area contributed by atoms with Gasteiger partial charge in [-0.05, 0) is 38.4 Å². The van der Waals surface area contributed by atoms with Crippen molar-refractivity contribution in [2.45, 2.75) is 32.5 Å². The van der Waals surface area contributed by atoms with Crippen LogP contribution < -0.4 is 4.90 Å². The highest BCUT2D eigenvalue weighted by Gasteiger charge is 2.32. The van der Waals surface area contributed by atoms with E-state index in [1.165, 1.54) is 23.2 Å². The predicted octanol–water partition coefficient (Wildman–Crippen LogP) is 2.67. The van der Waals surface area contributed by atoms with Gasteiger partial charge in [0.2, 0.25) is 0 Å². The van der Waals surface area contributed by atoms with Gasteiger partial charge in [0.05, 0.1) is 18.7 Å². The molecule has 122 valence electrons. The Labute approximate surface area is 132 Å². The van der Waals surface area contributed by atoms with E-state index in [2.05, 4.69) is 15.0 Å². The van der Waals surface area contributed by atoms with Crippen molar-refractivity contribution in [3.63, 3.8) is 0 Å². The summed E-state index contributed by atoms with van der Waals surface area (Å²) in [5.41, 5.74) is 7.99. The van der Waals surface area contributed by atoms with Gasteiger partial charge in [0.1, 0.15) is 17.5 Å². The van der Waals surface area contributed by atoms with Gasteiger partial charge in [-0.2, -0.15) is 0 Å². The van der Waals surface area contributed by atoms with Crippen LogP contribution in [0.1, 0.15) is 31.1 Å². The van der Waals surface area contributed by atoms with Crippen molar-refractivity contribution < 1.29 is 19.1 Å². The van der Waals surface area contributed by atoms with Crippen molar-refractivity contribution in [2.24, 2.45) is 5.11 Å². The molecule has 0 radical (unpaired) electrons. The lowest BCUT2D eigenvalue weighted by Crippen LogP contribution is -2.26. The summed E-state index contributed by atoms with van der Waals surface area (Å²) in [4.78, 5) is 31.7. The van der Waals surface area contributed by atoms with Gasteiger partial charge >= 0.3 is 12.1 Å². The van der Waals surface area contributed by atoms with Gasteiger partial charge in [-0.15, -0.1) is 0 Å². The molecule has 1 aromatic heterocycles. The molecule has 2 rings (SSSR count). The molecule has 0 aromatic carbocycles. The Morgan fingerprint density at radius 1 is 1.57 bits per heavy atom. The molecule has 0 aliphatic carbocycles. The SMILES string of the molecule is CC(C)(C)OC(=O)c1ccc(N2C[C@@H](CN=[N+]=[N-])OC2=O)nc1. The van der Waals surface area contributed by atoms with E-state index < -0.39 is 23.8 Å². The molecule has 1 atom stereocenters. The van der Waals surface area contributed by atoms with Crippen molar-refractivity contribution in [2.75, 3.05) is 18.0 Å². The van der Waals surface area contributed by atoms with Gasteiger partial charge < -0.3 is 9.47 Å². The van der Waals surface area contributed by atoms with Crippen LogP contribution in [0.4, 0.5) is 10.6 Å². The highest BCUT2D eigenvalue weighted by molar-refractivity contribution is 5.91. The highest BCUT2D eigenvalue weighted by atomic mass is 16.6. The third kappa shape index (κ3) is 4.33. The second-order valence-electron chi connectivity index (χ2n) is 5.94. The zero-order valence-corrected chi connectivity index (χ0v) is 13.1. The standard InChI is InChI=1S/C14H17N5O4/c1-14(2,3)23-12(20)9-4-5-11(16-6-9)19-8-10(7-17-18-15)22-13(19)21/h4-6,10H,7-8H2,1-3H3/t10-/m1/s1. The Bertz CT molecular complexity index is 646. The quantitative estimate of drug-likeness (QED) is 0.366. The monoisotopic (exact) mass is 319 g/mol. The lowest BCUT2D eigenvalue weighted by molar-refractivity contribution is 0.00691. The highest BCUT2D eigenvalue weighted by Crippen LogP contribution is 2.20. The summed E-state index contributed by atoms with van der Waals surface area (Å²) in [6.45, 7) is 5.62. The number of ether oxygens (including phenoxy) is 2. The number of carbonyl (C=O) groups is 2. The summed E-state index contributed by atoms with van der Waals surface area (Å²) in [5, 5.41) is 3.38. The average Bonchev–Trinajstić information content (AvgIpc) is 2.84. The first-order valence-corrected chi connectivity index (χ1v) is 6.98. The van der Waals surface area contributed by atoms with Crippen LogP contribution in [0.25, 0.3) is 10.4 Å². The van der Waals surface area contributed by atoms with Gasteiger partial charge in [-0.25, -0.2) is 14.6 Å². The van der Waals surface area contributed by atoms with Gasteiger partial charge in [-0.3, -0.25) is 4.90 Å². The Balaban J connectivity index is 2.06. The number of azide groups is 1. The van der Waals surface area contributed by atoms with E-state index in [-0.39, 0.29) is 13.1 Å². The van der Waals surface area contributed by atoms with Crippen LogP contribution in [0.2, 0.25) is 0 Å². The van der Waals surface area contributed by atoms with E-state index in [0.29, 0.717) is 11.4 Å². The normalized spacial score (nSPS) is 17.4. The van der Waals surface area contributed by atoms with E-state index in [0.717, 1.165) is 0 Å². The first kappa shape index (κ1) is 16.6. The Morgan fingerprint density at radius 3 is 2.87 bits per heavy atom. The molecule has 1 aromatic rings. The molecule has 2 heterocycles. The number of cyclic esters (lactones) is 1. The van der Waals surface area contributed by atoms with Crippen LogP contribution in [-0.2, 0) is 9.47 Å². The molecule has 23 heavy (non-hydrogen) atoms. The number of hydrogen-bond acceptors (Lipinski definition) is 6. The number of pyridine rings is 1. The minimum absolute atomic E-state index is 0.0642. The maximum absolute atomic E-state index is 11.9. The first-order chi connectivity index (χ1) is 10.8. The third-order valence-electron chi connectivity index (χ3n) is 2.88. The topological polar surface area (TPSA) is 117 Å². The molecule has 1 aliphatic rings. The largest absolute Gasteiger partial charge is 0.456 e. The van der Waals surface area contributed by atoms with Gasteiger partial charge in [-0.1, -0.05) is 5.11 Å². The van der Waals surface area contributed by atoms with Crippen LogP contribution in [0.15, 0.2) is 23.4 Å². The number of esters is 1. The minimum Gasteiger partial charge on any atom is -0.456 e. The maximum atomic E-state index is 11.9. The van der Waals surface area contributed by atoms with Crippen LogP contribution in [-0.4, -0.2) is 41.8 Å². The van der Waals surface area contributed by atoms with Crippen LogP contribution in [0.3, 0.4) is 0 Å². The fraction of sp³-hybridized carbons (Fsp3) is 0.500. The number of nitrogens with zero attached hydrogens (tertiary/aromatic N) is 5. The number of amides is 1. The van der Waals surface area contributed by atoms with Crippen LogP contribution in [0.5, 0.6) is 0 Å². The molecule has 0 bridgehead atoms. The van der Waals surface area contributed by atoms with Crippen molar-refractivity contribution >= 4 is 17.9 Å². The number of rotatable bonds is 4. The zero-order valence-electron chi connectivity index (χ0n) is 13.1. The van der Waals surface area contributed by atoms with Crippen molar-refractivity contribution in [3.8, 4) is 0 Å². The molecular formula is C14H17N5O4. The van der Waals surface area contributed by atoms with Gasteiger partial charge in [0.15, 0.2) is 0 Å². The Kier molecular flexibility index (Phi) is 4.71. The fourth-order valence-electron chi connectivity index (χ4n) is 1.93. The van der Waals surface area contributed by atoms with Crippen LogP contribution >= 0.6 is 0 Å². The van der Waals surface area contributed by atoms with Crippen molar-refractivity contribution in [1.29, 1.82) is 0 Å².